The summed E-state index contributed by atoms with van der Waals surface area (Å²) < 4.78 is 0. The number of rotatable bonds is 1. The molecule has 0 saturated carbocycles. The van der Waals surface area contributed by atoms with Gasteiger partial charge in [0.1, 0.15) is 17.8 Å². The van der Waals surface area contributed by atoms with Crippen LogP contribution in [0.3, 0.4) is 0 Å². The van der Waals surface area contributed by atoms with Crippen molar-refractivity contribution in [3.63, 3.8) is 0 Å². The lowest BCUT2D eigenvalue weighted by Crippen LogP contribution is -1.92. The molecule has 3 aromatic rings. The fraction of sp³-hybridized carbons (Fsp3) is 0. The third-order valence-corrected chi connectivity index (χ3v) is 2.87. The van der Waals surface area contributed by atoms with E-state index in [1.54, 1.807) is 0 Å². The van der Waals surface area contributed by atoms with Crippen molar-refractivity contribution in [2.75, 3.05) is 5.73 Å². The number of nitrogen functional groups attached to an aromatic ring is 1. The predicted molar refractivity (Wildman–Crippen MR) is 68.7 cm³/mol. The normalized spacial score (nSPS) is 10.9. The van der Waals surface area contributed by atoms with Gasteiger partial charge < -0.3 is 10.7 Å². The van der Waals surface area contributed by atoms with Crippen molar-refractivity contribution < 1.29 is 0 Å². The molecule has 0 fully saturated rings. The van der Waals surface area contributed by atoms with E-state index in [0.717, 1.165) is 22.2 Å². The van der Waals surface area contributed by atoms with Gasteiger partial charge in [0, 0.05) is 16.8 Å². The molecule has 0 unspecified atom stereocenters. The summed E-state index contributed by atoms with van der Waals surface area (Å²) in [4.78, 5) is 11.2. The van der Waals surface area contributed by atoms with E-state index in [-0.39, 0.29) is 0 Å². The van der Waals surface area contributed by atoms with E-state index < -0.39 is 0 Å². The van der Waals surface area contributed by atoms with Crippen molar-refractivity contribution in [1.82, 2.24) is 15.0 Å². The maximum atomic E-state index is 5.98. The number of aromatic nitrogens is 3. The van der Waals surface area contributed by atoms with Crippen molar-refractivity contribution in [3.05, 3.63) is 41.8 Å². The zero-order chi connectivity index (χ0) is 11.8. The first kappa shape index (κ1) is 10.1. The lowest BCUT2D eigenvalue weighted by Gasteiger charge is -2.01. The van der Waals surface area contributed by atoms with Crippen LogP contribution in [-0.2, 0) is 0 Å². The number of fused-ring (bicyclic) bond motifs is 1. The smallest absolute Gasteiger partial charge is 0.143 e. The number of nitrogens with zero attached hydrogens (tertiary/aromatic N) is 2. The van der Waals surface area contributed by atoms with Crippen LogP contribution in [0.2, 0.25) is 5.02 Å². The standard InChI is InChI=1S/C12H9ClN4/c13-8-3-1-2-7(4-8)9-5-15-12-10(9)11(14)16-6-17-12/h1-6H,(H3,14,15,16,17). The highest BCUT2D eigenvalue weighted by atomic mass is 35.5. The Kier molecular flexibility index (Phi) is 2.23. The molecule has 17 heavy (non-hydrogen) atoms. The highest BCUT2D eigenvalue weighted by Crippen LogP contribution is 2.31. The Morgan fingerprint density at radius 3 is 2.94 bits per heavy atom. The molecule has 5 heteroatoms. The summed E-state index contributed by atoms with van der Waals surface area (Å²) in [5, 5.41) is 1.52. The average Bonchev–Trinajstić information content (AvgIpc) is 2.74. The molecule has 0 aliphatic heterocycles. The van der Waals surface area contributed by atoms with Crippen LogP contribution in [0, 0.1) is 0 Å². The van der Waals surface area contributed by atoms with Gasteiger partial charge in [0.15, 0.2) is 0 Å². The van der Waals surface area contributed by atoms with Crippen LogP contribution >= 0.6 is 11.6 Å². The van der Waals surface area contributed by atoms with Gasteiger partial charge in [-0.05, 0) is 17.7 Å². The second-order valence-corrected chi connectivity index (χ2v) is 4.13. The van der Waals surface area contributed by atoms with Crippen LogP contribution in [0.25, 0.3) is 22.2 Å². The highest BCUT2D eigenvalue weighted by molar-refractivity contribution is 6.30. The number of H-pyrrole nitrogens is 1. The summed E-state index contributed by atoms with van der Waals surface area (Å²) >= 11 is 5.98. The van der Waals surface area contributed by atoms with Gasteiger partial charge in [0.2, 0.25) is 0 Å². The molecule has 0 saturated heterocycles. The van der Waals surface area contributed by atoms with Crippen LogP contribution in [-0.4, -0.2) is 15.0 Å². The molecule has 0 amide bonds. The molecule has 0 aliphatic carbocycles. The van der Waals surface area contributed by atoms with Crippen LogP contribution in [0.5, 0.6) is 0 Å². The zero-order valence-electron chi connectivity index (χ0n) is 8.81. The van der Waals surface area contributed by atoms with Gasteiger partial charge in [0.05, 0.1) is 5.39 Å². The molecule has 0 bridgehead atoms. The second-order valence-electron chi connectivity index (χ2n) is 3.70. The van der Waals surface area contributed by atoms with Crippen molar-refractivity contribution in [3.8, 4) is 11.1 Å². The van der Waals surface area contributed by atoms with E-state index in [4.69, 9.17) is 17.3 Å². The molecule has 0 spiro atoms. The van der Waals surface area contributed by atoms with E-state index in [0.29, 0.717) is 10.8 Å². The lowest BCUT2D eigenvalue weighted by molar-refractivity contribution is 1.21. The summed E-state index contributed by atoms with van der Waals surface area (Å²) in [6.07, 6.45) is 3.30. The van der Waals surface area contributed by atoms with Gasteiger partial charge >= 0.3 is 0 Å². The summed E-state index contributed by atoms with van der Waals surface area (Å²) in [6.45, 7) is 0. The highest BCUT2D eigenvalue weighted by Gasteiger charge is 2.10. The Morgan fingerprint density at radius 2 is 2.12 bits per heavy atom. The van der Waals surface area contributed by atoms with E-state index in [9.17, 15) is 0 Å². The van der Waals surface area contributed by atoms with E-state index in [2.05, 4.69) is 15.0 Å². The van der Waals surface area contributed by atoms with Gasteiger partial charge in [0.25, 0.3) is 0 Å². The Bertz CT molecular complexity index is 690. The van der Waals surface area contributed by atoms with Gasteiger partial charge in [-0.3, -0.25) is 0 Å². The predicted octanol–water partition coefficient (Wildman–Crippen LogP) is 2.86. The number of aromatic amines is 1. The summed E-state index contributed by atoms with van der Waals surface area (Å²) in [6, 6.07) is 7.59. The Balaban J connectivity index is 2.31. The van der Waals surface area contributed by atoms with Crippen LogP contribution in [0.15, 0.2) is 36.8 Å². The third-order valence-electron chi connectivity index (χ3n) is 2.63. The minimum atomic E-state index is 0.464. The number of hydrogen-bond acceptors (Lipinski definition) is 3. The maximum Gasteiger partial charge on any atom is 0.143 e. The average molecular weight is 245 g/mol. The lowest BCUT2D eigenvalue weighted by atomic mass is 10.1. The van der Waals surface area contributed by atoms with Crippen molar-refractivity contribution in [2.24, 2.45) is 0 Å². The summed E-state index contributed by atoms with van der Waals surface area (Å²) in [5.74, 6) is 0.464. The molecule has 4 nitrogen and oxygen atoms in total. The molecule has 1 aromatic carbocycles. The maximum absolute atomic E-state index is 5.98. The SMILES string of the molecule is Nc1ncnc2[nH]cc(-c3cccc(Cl)c3)c12. The largest absolute Gasteiger partial charge is 0.383 e. The number of halogens is 1. The van der Waals surface area contributed by atoms with Crippen LogP contribution in [0.4, 0.5) is 5.82 Å². The first-order valence-electron chi connectivity index (χ1n) is 5.09. The summed E-state index contributed by atoms with van der Waals surface area (Å²) in [5.41, 5.74) is 8.55. The van der Waals surface area contributed by atoms with E-state index in [1.165, 1.54) is 6.33 Å². The van der Waals surface area contributed by atoms with Crippen molar-refractivity contribution in [2.45, 2.75) is 0 Å². The number of hydrogen-bond donors (Lipinski definition) is 2. The topological polar surface area (TPSA) is 67.6 Å². The number of benzene rings is 1. The van der Waals surface area contributed by atoms with Crippen molar-refractivity contribution >= 4 is 28.5 Å². The van der Waals surface area contributed by atoms with E-state index >= 15 is 0 Å². The van der Waals surface area contributed by atoms with E-state index in [1.807, 2.05) is 30.5 Å². The molecular formula is C12H9ClN4. The second kappa shape index (κ2) is 3.75. The molecule has 3 N–H and O–H groups in total. The zero-order valence-corrected chi connectivity index (χ0v) is 9.57. The quantitative estimate of drug-likeness (QED) is 0.692. The fourth-order valence-corrected chi connectivity index (χ4v) is 2.06. The van der Waals surface area contributed by atoms with Gasteiger partial charge in [-0.25, -0.2) is 9.97 Å². The first-order valence-corrected chi connectivity index (χ1v) is 5.47. The third kappa shape index (κ3) is 1.62. The molecule has 0 aliphatic rings. The number of nitrogens with one attached hydrogen (secondary N) is 1. The Hall–Kier alpha value is -2.07. The van der Waals surface area contributed by atoms with Crippen molar-refractivity contribution in [1.29, 1.82) is 0 Å². The first-order chi connectivity index (χ1) is 8.25. The molecule has 2 heterocycles. The van der Waals surface area contributed by atoms with Gasteiger partial charge in [-0.2, -0.15) is 0 Å². The minimum Gasteiger partial charge on any atom is -0.383 e. The number of anilines is 1. The molecule has 0 radical (unpaired) electrons. The molecular weight excluding hydrogens is 236 g/mol. The number of nitrogens with two attached hydrogens (primary N) is 1. The van der Waals surface area contributed by atoms with Crippen LogP contribution in [0.1, 0.15) is 0 Å². The molecule has 3 rings (SSSR count). The van der Waals surface area contributed by atoms with Gasteiger partial charge in [-0.1, -0.05) is 23.7 Å². The molecule has 2 aromatic heterocycles. The summed E-state index contributed by atoms with van der Waals surface area (Å²) in [7, 11) is 0. The fourth-order valence-electron chi connectivity index (χ4n) is 1.87. The minimum absolute atomic E-state index is 0.464. The monoisotopic (exact) mass is 244 g/mol. The van der Waals surface area contributed by atoms with Crippen LogP contribution < -0.4 is 5.73 Å². The Labute approximate surface area is 102 Å². The molecule has 0 atom stereocenters. The molecule has 84 valence electrons. The van der Waals surface area contributed by atoms with Gasteiger partial charge in [-0.15, -0.1) is 0 Å². The Morgan fingerprint density at radius 1 is 1.24 bits per heavy atom.